The number of benzene rings is 1. The number of ether oxygens (including phenoxy) is 1. The molecule has 0 radical (unpaired) electrons. The summed E-state index contributed by atoms with van der Waals surface area (Å²) in [5.74, 6) is 0.909. The normalized spacial score (nSPS) is 12.1. The first-order valence-corrected chi connectivity index (χ1v) is 8.12. The first kappa shape index (κ1) is 17.3. The van der Waals surface area contributed by atoms with Gasteiger partial charge in [-0.05, 0) is 44.4 Å². The van der Waals surface area contributed by atoms with Crippen molar-refractivity contribution in [3.8, 4) is 5.75 Å². The lowest BCUT2D eigenvalue weighted by molar-refractivity contribution is 0.414. The molecule has 0 aliphatic rings. The van der Waals surface area contributed by atoms with Crippen molar-refractivity contribution < 1.29 is 4.74 Å². The minimum absolute atomic E-state index is 0.458. The molecule has 1 atom stereocenters. The van der Waals surface area contributed by atoms with Crippen LogP contribution in [-0.2, 0) is 19.5 Å². The summed E-state index contributed by atoms with van der Waals surface area (Å²) in [5.41, 5.74) is 3.68. The van der Waals surface area contributed by atoms with Crippen molar-refractivity contribution in [3.63, 3.8) is 0 Å². The summed E-state index contributed by atoms with van der Waals surface area (Å²) >= 11 is 0. The number of methoxy groups -OCH3 is 1. The van der Waals surface area contributed by atoms with Crippen LogP contribution in [0.3, 0.4) is 0 Å². The van der Waals surface area contributed by atoms with Gasteiger partial charge in [-0.25, -0.2) is 0 Å². The predicted molar refractivity (Wildman–Crippen MR) is 94.8 cm³/mol. The molecule has 0 fully saturated rings. The van der Waals surface area contributed by atoms with Crippen LogP contribution in [0.1, 0.15) is 30.2 Å². The highest BCUT2D eigenvalue weighted by Crippen LogP contribution is 2.13. The maximum absolute atomic E-state index is 5.19. The van der Waals surface area contributed by atoms with Crippen molar-refractivity contribution in [3.05, 3.63) is 59.9 Å². The molecule has 2 rings (SSSR count). The summed E-state index contributed by atoms with van der Waals surface area (Å²) in [4.78, 5) is 0. The number of allylic oxidation sites excluding steroid dienone is 1. The minimum Gasteiger partial charge on any atom is -0.497 e. The third-order valence-electron chi connectivity index (χ3n) is 4.03. The van der Waals surface area contributed by atoms with Gasteiger partial charge in [0.1, 0.15) is 5.75 Å². The molecule has 0 saturated carbocycles. The number of nitrogens with zero attached hydrogens (tertiary/aromatic N) is 2. The molecule has 1 heterocycles. The third-order valence-corrected chi connectivity index (χ3v) is 4.03. The van der Waals surface area contributed by atoms with Crippen molar-refractivity contribution in [1.29, 1.82) is 0 Å². The monoisotopic (exact) mass is 313 g/mol. The number of nitrogens with one attached hydrogen (secondary N) is 1. The second-order valence-electron chi connectivity index (χ2n) is 5.92. The van der Waals surface area contributed by atoms with E-state index in [-0.39, 0.29) is 0 Å². The third kappa shape index (κ3) is 5.25. The van der Waals surface area contributed by atoms with Gasteiger partial charge >= 0.3 is 0 Å². The highest BCUT2D eigenvalue weighted by atomic mass is 16.5. The molecule has 4 nitrogen and oxygen atoms in total. The second-order valence-corrected chi connectivity index (χ2v) is 5.92. The van der Waals surface area contributed by atoms with Crippen molar-refractivity contribution in [2.24, 2.45) is 0 Å². The average Bonchev–Trinajstić information content (AvgIpc) is 2.91. The molecule has 0 aliphatic heterocycles. The van der Waals surface area contributed by atoms with Gasteiger partial charge < -0.3 is 10.1 Å². The number of aryl methyl sites for hydroxylation is 2. The van der Waals surface area contributed by atoms with Crippen LogP contribution in [0.5, 0.6) is 5.75 Å². The Morgan fingerprint density at radius 1 is 1.35 bits per heavy atom. The average molecular weight is 313 g/mol. The van der Waals surface area contributed by atoms with E-state index in [9.17, 15) is 0 Å². The summed E-state index contributed by atoms with van der Waals surface area (Å²) < 4.78 is 7.12. The maximum Gasteiger partial charge on any atom is 0.118 e. The number of rotatable bonds is 9. The van der Waals surface area contributed by atoms with Crippen LogP contribution < -0.4 is 10.1 Å². The van der Waals surface area contributed by atoms with Gasteiger partial charge in [-0.2, -0.15) is 5.10 Å². The van der Waals surface area contributed by atoms with Crippen molar-refractivity contribution in [2.75, 3.05) is 7.11 Å². The molecule has 4 heteroatoms. The zero-order valence-electron chi connectivity index (χ0n) is 14.4. The lowest BCUT2D eigenvalue weighted by Crippen LogP contribution is -2.26. The molecule has 1 aromatic heterocycles. The van der Waals surface area contributed by atoms with Crippen molar-refractivity contribution in [2.45, 2.75) is 45.8 Å². The smallest absolute Gasteiger partial charge is 0.118 e. The summed E-state index contributed by atoms with van der Waals surface area (Å²) in [6, 6.07) is 8.76. The van der Waals surface area contributed by atoms with Crippen LogP contribution in [0.25, 0.3) is 0 Å². The molecule has 0 unspecified atom stereocenters. The fourth-order valence-electron chi connectivity index (χ4n) is 2.52. The fraction of sp³-hybridized carbons (Fsp3) is 0.421. The van der Waals surface area contributed by atoms with Crippen LogP contribution in [-0.4, -0.2) is 22.9 Å². The number of aromatic nitrogens is 2. The molecule has 0 bridgehead atoms. The Labute approximate surface area is 139 Å². The van der Waals surface area contributed by atoms with E-state index in [1.165, 1.54) is 11.1 Å². The summed E-state index contributed by atoms with van der Waals surface area (Å²) in [6.07, 6.45) is 6.13. The summed E-state index contributed by atoms with van der Waals surface area (Å²) in [6.45, 7) is 9.64. The molecule has 0 aliphatic carbocycles. The second kappa shape index (κ2) is 8.53. The van der Waals surface area contributed by atoms with E-state index in [1.807, 2.05) is 22.9 Å². The number of hydrogen-bond donors (Lipinski definition) is 1. The van der Waals surface area contributed by atoms with E-state index in [1.54, 1.807) is 7.11 Å². The van der Waals surface area contributed by atoms with Gasteiger partial charge in [-0.1, -0.05) is 18.2 Å². The summed E-state index contributed by atoms with van der Waals surface area (Å²) in [5, 5.41) is 8.07. The molecule has 23 heavy (non-hydrogen) atoms. The highest BCUT2D eigenvalue weighted by molar-refractivity contribution is 5.27. The highest BCUT2D eigenvalue weighted by Gasteiger charge is 2.07. The van der Waals surface area contributed by atoms with Crippen LogP contribution in [0.15, 0.2) is 43.1 Å². The Morgan fingerprint density at radius 2 is 2.09 bits per heavy atom. The predicted octanol–water partition coefficient (Wildman–Crippen LogP) is 3.50. The van der Waals surface area contributed by atoms with E-state index >= 15 is 0 Å². The van der Waals surface area contributed by atoms with Crippen LogP contribution in [0, 0.1) is 6.92 Å². The lowest BCUT2D eigenvalue weighted by Gasteiger charge is -2.13. The van der Waals surface area contributed by atoms with Gasteiger partial charge in [0.25, 0.3) is 0 Å². The SMILES string of the molecule is C=CCn1cc(CN[C@H](C)CCc2ccc(OC)cc2)c(C)n1. The Bertz CT molecular complexity index is 616. The molecule has 0 amide bonds. The zero-order chi connectivity index (χ0) is 16.7. The van der Waals surface area contributed by atoms with Gasteiger partial charge in [0, 0.05) is 24.3 Å². The Morgan fingerprint density at radius 3 is 2.74 bits per heavy atom. The van der Waals surface area contributed by atoms with E-state index in [2.05, 4.69) is 49.2 Å². The van der Waals surface area contributed by atoms with Gasteiger partial charge in [-0.3, -0.25) is 4.68 Å². The van der Waals surface area contributed by atoms with Gasteiger partial charge in [0.05, 0.1) is 19.3 Å². The molecular formula is C19H27N3O. The standard InChI is InChI=1S/C19H27N3O/c1-5-12-22-14-18(16(3)21-22)13-20-15(2)6-7-17-8-10-19(23-4)11-9-17/h5,8-11,14-15,20H,1,6-7,12-13H2,2-4H3/t15-/m1/s1. The van der Waals surface area contributed by atoms with E-state index in [0.717, 1.165) is 37.4 Å². The largest absolute Gasteiger partial charge is 0.497 e. The fourth-order valence-corrected chi connectivity index (χ4v) is 2.52. The maximum atomic E-state index is 5.19. The Kier molecular flexibility index (Phi) is 6.41. The number of hydrogen-bond acceptors (Lipinski definition) is 3. The minimum atomic E-state index is 0.458. The molecule has 124 valence electrons. The Hall–Kier alpha value is -2.07. The molecule has 0 saturated heterocycles. The van der Waals surface area contributed by atoms with Gasteiger partial charge in [-0.15, -0.1) is 6.58 Å². The first-order chi connectivity index (χ1) is 11.1. The molecular weight excluding hydrogens is 286 g/mol. The van der Waals surface area contributed by atoms with Gasteiger partial charge in [0.2, 0.25) is 0 Å². The van der Waals surface area contributed by atoms with Crippen molar-refractivity contribution >= 4 is 0 Å². The topological polar surface area (TPSA) is 39.1 Å². The molecule has 1 N–H and O–H groups in total. The zero-order valence-corrected chi connectivity index (χ0v) is 14.4. The van der Waals surface area contributed by atoms with Crippen LogP contribution in [0.4, 0.5) is 0 Å². The first-order valence-electron chi connectivity index (χ1n) is 8.12. The quantitative estimate of drug-likeness (QED) is 0.720. The summed E-state index contributed by atoms with van der Waals surface area (Å²) in [7, 11) is 1.69. The van der Waals surface area contributed by atoms with Crippen LogP contribution in [0.2, 0.25) is 0 Å². The van der Waals surface area contributed by atoms with E-state index < -0.39 is 0 Å². The molecule has 2 aromatic rings. The van der Waals surface area contributed by atoms with E-state index in [0.29, 0.717) is 6.04 Å². The lowest BCUT2D eigenvalue weighted by atomic mass is 10.1. The van der Waals surface area contributed by atoms with Crippen molar-refractivity contribution in [1.82, 2.24) is 15.1 Å². The molecule has 0 spiro atoms. The van der Waals surface area contributed by atoms with Crippen LogP contribution >= 0.6 is 0 Å². The van der Waals surface area contributed by atoms with Gasteiger partial charge in [0.15, 0.2) is 0 Å². The Balaban J connectivity index is 1.78. The molecule has 1 aromatic carbocycles. The van der Waals surface area contributed by atoms with E-state index in [4.69, 9.17) is 4.74 Å².